The first-order valence-electron chi connectivity index (χ1n) is 10.0. The van der Waals surface area contributed by atoms with Gasteiger partial charge in [0.15, 0.2) is 5.76 Å². The lowest BCUT2D eigenvalue weighted by atomic mass is 10.0. The van der Waals surface area contributed by atoms with Gasteiger partial charge in [0.05, 0.1) is 23.5 Å². The normalized spacial score (nSPS) is 15.4. The highest BCUT2D eigenvalue weighted by molar-refractivity contribution is 5.96. The summed E-state index contributed by atoms with van der Waals surface area (Å²) in [6.45, 7) is 7.16. The van der Waals surface area contributed by atoms with Crippen LogP contribution >= 0.6 is 0 Å². The zero-order valence-electron chi connectivity index (χ0n) is 17.6. The number of halogens is 3. The molecule has 1 aromatic carbocycles. The molecule has 2 amide bonds. The Morgan fingerprint density at radius 3 is 2.42 bits per heavy atom. The third-order valence-electron chi connectivity index (χ3n) is 5.16. The monoisotopic (exact) mass is 438 g/mol. The highest BCUT2D eigenvalue weighted by Crippen LogP contribution is 2.34. The number of piperazine rings is 1. The second kappa shape index (κ2) is 9.09. The molecule has 3 rings (SSSR count). The van der Waals surface area contributed by atoms with Crippen LogP contribution in [0.25, 0.3) is 0 Å². The van der Waals surface area contributed by atoms with Gasteiger partial charge in [0, 0.05) is 32.1 Å². The summed E-state index contributed by atoms with van der Waals surface area (Å²) < 4.78 is 44.6. The number of alkyl halides is 3. The average molecular weight is 438 g/mol. The SMILES string of the molecule is Cc1noc(C(C)C)c1C(=O)N1CCN(CC(=O)Nc2ccccc2C(F)(F)F)CC1. The summed E-state index contributed by atoms with van der Waals surface area (Å²) in [4.78, 5) is 28.7. The fourth-order valence-electron chi connectivity index (χ4n) is 3.54. The van der Waals surface area contributed by atoms with Crippen molar-refractivity contribution >= 4 is 17.5 Å². The van der Waals surface area contributed by atoms with Crippen molar-refractivity contribution in [1.82, 2.24) is 15.0 Å². The third kappa shape index (κ3) is 5.25. The fraction of sp³-hybridized carbons (Fsp3) is 0.476. The van der Waals surface area contributed by atoms with Crippen molar-refractivity contribution in [2.24, 2.45) is 0 Å². The van der Waals surface area contributed by atoms with Crippen LogP contribution in [0.2, 0.25) is 0 Å². The molecular weight excluding hydrogens is 413 g/mol. The number of nitrogens with zero attached hydrogens (tertiary/aromatic N) is 3. The molecule has 10 heteroatoms. The average Bonchev–Trinajstić information content (AvgIpc) is 3.09. The van der Waals surface area contributed by atoms with E-state index in [0.29, 0.717) is 43.2 Å². The van der Waals surface area contributed by atoms with Crippen LogP contribution in [0.1, 0.15) is 47.1 Å². The summed E-state index contributed by atoms with van der Waals surface area (Å²) in [5, 5.41) is 6.25. The first-order chi connectivity index (χ1) is 14.6. The standard InChI is InChI=1S/C21H25F3N4O3/c1-13(2)19-18(14(3)26-31-19)20(30)28-10-8-27(9-11-28)12-17(29)25-16-7-5-4-6-15(16)21(22,23)24/h4-7,13H,8-12H2,1-3H3,(H,25,29). The van der Waals surface area contributed by atoms with Gasteiger partial charge in [-0.3, -0.25) is 14.5 Å². The van der Waals surface area contributed by atoms with Gasteiger partial charge in [0.2, 0.25) is 5.91 Å². The molecule has 2 aromatic rings. The lowest BCUT2D eigenvalue weighted by Gasteiger charge is -2.34. The Bertz CT molecular complexity index is 948. The molecular formula is C21H25F3N4O3. The molecule has 0 atom stereocenters. The van der Waals surface area contributed by atoms with Gasteiger partial charge < -0.3 is 14.7 Å². The van der Waals surface area contributed by atoms with E-state index in [1.54, 1.807) is 16.7 Å². The zero-order valence-corrected chi connectivity index (χ0v) is 17.6. The number of rotatable bonds is 5. The maximum Gasteiger partial charge on any atom is 0.418 e. The van der Waals surface area contributed by atoms with Crippen LogP contribution in [-0.2, 0) is 11.0 Å². The molecule has 0 spiro atoms. The van der Waals surface area contributed by atoms with Gasteiger partial charge in [-0.25, -0.2) is 0 Å². The molecule has 1 saturated heterocycles. The second-order valence-electron chi connectivity index (χ2n) is 7.82. The summed E-state index contributed by atoms with van der Waals surface area (Å²) in [5.41, 5.74) is -0.134. The second-order valence-corrected chi connectivity index (χ2v) is 7.82. The minimum atomic E-state index is -4.55. The van der Waals surface area contributed by atoms with Gasteiger partial charge in [-0.1, -0.05) is 31.1 Å². The van der Waals surface area contributed by atoms with Crippen molar-refractivity contribution in [3.63, 3.8) is 0 Å². The van der Waals surface area contributed by atoms with Crippen LogP contribution in [-0.4, -0.2) is 59.5 Å². The molecule has 1 aromatic heterocycles. The minimum Gasteiger partial charge on any atom is -0.360 e. The Labute approximate surface area is 178 Å². The summed E-state index contributed by atoms with van der Waals surface area (Å²) in [7, 11) is 0. The van der Waals surface area contributed by atoms with E-state index in [-0.39, 0.29) is 24.1 Å². The smallest absolute Gasteiger partial charge is 0.360 e. The molecule has 1 aliphatic heterocycles. The van der Waals surface area contributed by atoms with Crippen molar-refractivity contribution in [3.8, 4) is 0 Å². The van der Waals surface area contributed by atoms with E-state index in [1.807, 2.05) is 13.8 Å². The number of aryl methyl sites for hydroxylation is 1. The number of hydrogen-bond acceptors (Lipinski definition) is 5. The fourth-order valence-corrected chi connectivity index (χ4v) is 3.54. The van der Waals surface area contributed by atoms with Crippen LogP contribution in [0, 0.1) is 6.92 Å². The first-order valence-corrected chi connectivity index (χ1v) is 10.0. The van der Waals surface area contributed by atoms with Crippen LogP contribution in [0.4, 0.5) is 18.9 Å². The number of para-hydroxylation sites is 1. The Kier molecular flexibility index (Phi) is 6.68. The Morgan fingerprint density at radius 2 is 1.81 bits per heavy atom. The number of anilines is 1. The molecule has 168 valence electrons. The van der Waals surface area contributed by atoms with Crippen LogP contribution < -0.4 is 5.32 Å². The van der Waals surface area contributed by atoms with Gasteiger partial charge in [0.1, 0.15) is 5.56 Å². The number of benzene rings is 1. The Hall–Kier alpha value is -2.88. The van der Waals surface area contributed by atoms with Crippen molar-refractivity contribution in [2.75, 3.05) is 38.0 Å². The lowest BCUT2D eigenvalue weighted by Crippen LogP contribution is -2.50. The number of carbonyl (C=O) groups is 2. The van der Waals surface area contributed by atoms with Gasteiger partial charge in [-0.15, -0.1) is 0 Å². The molecule has 7 nitrogen and oxygen atoms in total. The van der Waals surface area contributed by atoms with E-state index in [0.717, 1.165) is 6.07 Å². The van der Waals surface area contributed by atoms with E-state index in [4.69, 9.17) is 4.52 Å². The van der Waals surface area contributed by atoms with Gasteiger partial charge in [-0.05, 0) is 19.1 Å². The third-order valence-corrected chi connectivity index (χ3v) is 5.16. The molecule has 0 unspecified atom stereocenters. The predicted octanol–water partition coefficient (Wildman–Crippen LogP) is 3.52. The number of hydrogen-bond donors (Lipinski definition) is 1. The van der Waals surface area contributed by atoms with Gasteiger partial charge in [-0.2, -0.15) is 13.2 Å². The molecule has 2 heterocycles. The van der Waals surface area contributed by atoms with E-state index < -0.39 is 17.6 Å². The van der Waals surface area contributed by atoms with E-state index in [9.17, 15) is 22.8 Å². The van der Waals surface area contributed by atoms with Crippen molar-refractivity contribution in [2.45, 2.75) is 32.9 Å². The molecule has 1 aliphatic rings. The summed E-state index contributed by atoms with van der Waals surface area (Å²) in [6.07, 6.45) is -4.55. The van der Waals surface area contributed by atoms with Crippen molar-refractivity contribution in [3.05, 3.63) is 46.8 Å². The first kappa shape index (κ1) is 22.8. The topological polar surface area (TPSA) is 78.7 Å². The maximum atomic E-state index is 13.1. The largest absolute Gasteiger partial charge is 0.418 e. The van der Waals surface area contributed by atoms with E-state index in [1.165, 1.54) is 18.2 Å². The Morgan fingerprint density at radius 1 is 1.16 bits per heavy atom. The van der Waals surface area contributed by atoms with Crippen molar-refractivity contribution in [1.29, 1.82) is 0 Å². The predicted molar refractivity (Wildman–Crippen MR) is 108 cm³/mol. The number of nitrogens with one attached hydrogen (secondary N) is 1. The van der Waals surface area contributed by atoms with Crippen molar-refractivity contribution < 1.29 is 27.3 Å². The highest BCUT2D eigenvalue weighted by atomic mass is 19.4. The number of amides is 2. The van der Waals surface area contributed by atoms with Crippen LogP contribution in [0.3, 0.4) is 0 Å². The number of aromatic nitrogens is 1. The van der Waals surface area contributed by atoms with Gasteiger partial charge >= 0.3 is 6.18 Å². The molecule has 1 fully saturated rings. The molecule has 31 heavy (non-hydrogen) atoms. The number of carbonyl (C=O) groups excluding carboxylic acids is 2. The maximum absolute atomic E-state index is 13.1. The zero-order chi connectivity index (χ0) is 22.8. The molecule has 0 aliphatic carbocycles. The van der Waals surface area contributed by atoms with Crippen LogP contribution in [0.5, 0.6) is 0 Å². The molecule has 0 radical (unpaired) electrons. The highest BCUT2D eigenvalue weighted by Gasteiger charge is 2.34. The lowest BCUT2D eigenvalue weighted by molar-refractivity contribution is -0.137. The van der Waals surface area contributed by atoms with Crippen LogP contribution in [0.15, 0.2) is 28.8 Å². The molecule has 1 N–H and O–H groups in total. The summed E-state index contributed by atoms with van der Waals surface area (Å²) >= 11 is 0. The Balaban J connectivity index is 1.57. The summed E-state index contributed by atoms with van der Waals surface area (Å²) in [5.74, 6) is -0.128. The van der Waals surface area contributed by atoms with E-state index >= 15 is 0 Å². The van der Waals surface area contributed by atoms with E-state index in [2.05, 4.69) is 10.5 Å². The molecule has 0 saturated carbocycles. The summed E-state index contributed by atoms with van der Waals surface area (Å²) in [6, 6.07) is 4.87. The molecule has 0 bridgehead atoms. The van der Waals surface area contributed by atoms with Gasteiger partial charge in [0.25, 0.3) is 5.91 Å². The minimum absolute atomic E-state index is 0.0183. The quantitative estimate of drug-likeness (QED) is 0.773.